The fourth-order valence-corrected chi connectivity index (χ4v) is 3.66. The Morgan fingerprint density at radius 3 is 2.63 bits per heavy atom. The molecule has 2 aromatic carbocycles. The van der Waals surface area contributed by atoms with Crippen molar-refractivity contribution in [3.8, 4) is 5.75 Å². The predicted molar refractivity (Wildman–Crippen MR) is 110 cm³/mol. The second-order valence-corrected chi connectivity index (χ2v) is 7.36. The monoisotopic (exact) mass is 408 g/mol. The minimum absolute atomic E-state index is 0.122. The Balaban J connectivity index is 1.61. The van der Waals surface area contributed by atoms with Gasteiger partial charge < -0.3 is 19.9 Å². The van der Waals surface area contributed by atoms with Crippen LogP contribution >= 0.6 is 23.2 Å². The summed E-state index contributed by atoms with van der Waals surface area (Å²) in [7, 11) is 0. The molecule has 1 fully saturated rings. The number of piperazine rings is 1. The third-order valence-corrected chi connectivity index (χ3v) is 5.27. The minimum atomic E-state index is -0.230. The maximum Gasteiger partial charge on any atom is 0.262 e. The number of anilines is 2. The molecule has 3 rings (SSSR count). The maximum atomic E-state index is 12.4. The summed E-state index contributed by atoms with van der Waals surface area (Å²) in [4.78, 5) is 16.3. The van der Waals surface area contributed by atoms with Crippen molar-refractivity contribution in [3.63, 3.8) is 0 Å². The van der Waals surface area contributed by atoms with Gasteiger partial charge in [-0.25, -0.2) is 0 Å². The van der Waals surface area contributed by atoms with E-state index in [-0.39, 0.29) is 12.5 Å². The summed E-state index contributed by atoms with van der Waals surface area (Å²) >= 11 is 11.9. The van der Waals surface area contributed by atoms with Crippen LogP contribution in [-0.4, -0.2) is 45.2 Å². The topological polar surface area (TPSA) is 46.0 Å². The second-order valence-electron chi connectivity index (χ2n) is 6.52. The number of carbonyl (C=O) groups is 1. The lowest BCUT2D eigenvalue weighted by molar-refractivity contribution is -0.898. The molecule has 1 aliphatic heterocycles. The zero-order chi connectivity index (χ0) is 19.2. The third kappa shape index (κ3) is 5.28. The zero-order valence-electron chi connectivity index (χ0n) is 15.3. The van der Waals surface area contributed by atoms with Gasteiger partial charge in [-0.15, -0.1) is 0 Å². The van der Waals surface area contributed by atoms with Crippen LogP contribution in [0.25, 0.3) is 0 Å². The first-order valence-electron chi connectivity index (χ1n) is 9.12. The Hall–Kier alpha value is -1.95. The zero-order valence-corrected chi connectivity index (χ0v) is 16.8. The molecular weight excluding hydrogens is 385 g/mol. The largest absolute Gasteiger partial charge is 0.482 e. The molecular formula is C20H24Cl2N3O2+. The number of para-hydroxylation sites is 2. The van der Waals surface area contributed by atoms with E-state index in [9.17, 15) is 4.79 Å². The van der Waals surface area contributed by atoms with Gasteiger partial charge in [0.25, 0.3) is 5.91 Å². The molecule has 1 aliphatic rings. The van der Waals surface area contributed by atoms with E-state index in [1.807, 2.05) is 24.3 Å². The van der Waals surface area contributed by atoms with Crippen molar-refractivity contribution in [1.82, 2.24) is 0 Å². The SMILES string of the molecule is CC[NH+]1CCN(c2ccccc2NC(=O)COc2ccc(Cl)cc2Cl)CC1. The lowest BCUT2D eigenvalue weighted by Crippen LogP contribution is -3.14. The molecule has 5 nitrogen and oxygen atoms in total. The van der Waals surface area contributed by atoms with Crippen LogP contribution in [0.2, 0.25) is 10.0 Å². The van der Waals surface area contributed by atoms with Crippen LogP contribution in [0.15, 0.2) is 42.5 Å². The number of hydrogen-bond acceptors (Lipinski definition) is 3. The molecule has 0 saturated carbocycles. The second kappa shape index (κ2) is 9.31. The number of rotatable bonds is 6. The first-order valence-corrected chi connectivity index (χ1v) is 9.87. The smallest absolute Gasteiger partial charge is 0.262 e. The van der Waals surface area contributed by atoms with E-state index in [1.165, 1.54) is 0 Å². The molecule has 0 atom stereocenters. The number of nitrogens with zero attached hydrogens (tertiary/aromatic N) is 1. The molecule has 0 aromatic heterocycles. The van der Waals surface area contributed by atoms with E-state index in [0.717, 1.165) is 44.1 Å². The summed E-state index contributed by atoms with van der Waals surface area (Å²) in [6, 6.07) is 12.8. The molecule has 7 heteroatoms. The molecule has 0 bridgehead atoms. The summed E-state index contributed by atoms with van der Waals surface area (Å²) in [5.74, 6) is 0.203. The molecule has 0 aliphatic carbocycles. The predicted octanol–water partition coefficient (Wildman–Crippen LogP) is 2.74. The lowest BCUT2D eigenvalue weighted by Gasteiger charge is -2.34. The molecule has 1 amide bonds. The molecule has 2 aromatic rings. The Bertz CT molecular complexity index is 793. The number of likely N-dealkylation sites (N-methyl/N-ethyl adjacent to an activating group) is 1. The van der Waals surface area contributed by atoms with Gasteiger partial charge >= 0.3 is 0 Å². The van der Waals surface area contributed by atoms with Crippen molar-refractivity contribution >= 4 is 40.5 Å². The van der Waals surface area contributed by atoms with Gasteiger partial charge in [-0.2, -0.15) is 0 Å². The summed E-state index contributed by atoms with van der Waals surface area (Å²) in [5.41, 5.74) is 1.85. The van der Waals surface area contributed by atoms with Gasteiger partial charge in [0.05, 0.1) is 49.1 Å². The Morgan fingerprint density at radius 1 is 1.19 bits per heavy atom. The van der Waals surface area contributed by atoms with E-state index < -0.39 is 0 Å². The van der Waals surface area contributed by atoms with Crippen LogP contribution in [0.4, 0.5) is 11.4 Å². The number of halogens is 2. The summed E-state index contributed by atoms with van der Waals surface area (Å²) in [5, 5.41) is 3.86. The summed E-state index contributed by atoms with van der Waals surface area (Å²) in [6.45, 7) is 7.42. The molecule has 1 heterocycles. The van der Waals surface area contributed by atoms with E-state index in [1.54, 1.807) is 23.1 Å². The Kier molecular flexibility index (Phi) is 6.83. The average molecular weight is 409 g/mol. The molecule has 27 heavy (non-hydrogen) atoms. The van der Waals surface area contributed by atoms with Crippen molar-refractivity contribution in [2.24, 2.45) is 0 Å². The lowest BCUT2D eigenvalue weighted by atomic mass is 10.2. The molecule has 144 valence electrons. The van der Waals surface area contributed by atoms with Gasteiger partial charge in [-0.1, -0.05) is 35.3 Å². The number of amides is 1. The first kappa shape index (κ1) is 19.8. The van der Waals surface area contributed by atoms with E-state index in [0.29, 0.717) is 15.8 Å². The third-order valence-electron chi connectivity index (χ3n) is 4.74. The van der Waals surface area contributed by atoms with Crippen LogP contribution in [0.5, 0.6) is 5.75 Å². The van der Waals surface area contributed by atoms with Gasteiger partial charge in [0.2, 0.25) is 0 Å². The van der Waals surface area contributed by atoms with Gasteiger partial charge in [-0.3, -0.25) is 4.79 Å². The van der Waals surface area contributed by atoms with Gasteiger partial charge in [0.15, 0.2) is 6.61 Å². The molecule has 0 spiro atoms. The quantitative estimate of drug-likeness (QED) is 0.772. The van der Waals surface area contributed by atoms with Crippen molar-refractivity contribution in [3.05, 3.63) is 52.5 Å². The highest BCUT2D eigenvalue weighted by atomic mass is 35.5. The van der Waals surface area contributed by atoms with Crippen molar-refractivity contribution in [2.45, 2.75) is 6.92 Å². The molecule has 0 unspecified atom stereocenters. The van der Waals surface area contributed by atoms with Crippen LogP contribution < -0.4 is 19.9 Å². The average Bonchev–Trinajstić information content (AvgIpc) is 2.68. The highest BCUT2D eigenvalue weighted by Crippen LogP contribution is 2.28. The summed E-state index contributed by atoms with van der Waals surface area (Å²) < 4.78 is 5.52. The molecule has 2 N–H and O–H groups in total. The van der Waals surface area contributed by atoms with Crippen LogP contribution in [0.1, 0.15) is 6.92 Å². The number of ether oxygens (including phenoxy) is 1. The summed E-state index contributed by atoms with van der Waals surface area (Å²) in [6.07, 6.45) is 0. The first-order chi connectivity index (χ1) is 13.1. The standard InChI is InChI=1S/C20H23Cl2N3O2/c1-2-24-9-11-25(12-10-24)18-6-4-3-5-17(18)23-20(26)14-27-19-8-7-15(21)13-16(19)22/h3-8,13H,2,9-12,14H2,1H3,(H,23,26)/p+1. The number of benzene rings is 2. The van der Waals surface area contributed by atoms with Crippen LogP contribution in [0, 0.1) is 0 Å². The Morgan fingerprint density at radius 2 is 1.93 bits per heavy atom. The van der Waals surface area contributed by atoms with Gasteiger partial charge in [-0.05, 0) is 37.3 Å². The fraction of sp³-hybridized carbons (Fsp3) is 0.350. The van der Waals surface area contributed by atoms with E-state index >= 15 is 0 Å². The molecule has 0 radical (unpaired) electrons. The fourth-order valence-electron chi connectivity index (χ4n) is 3.19. The van der Waals surface area contributed by atoms with Gasteiger partial charge in [0.1, 0.15) is 5.75 Å². The Labute approximate surface area is 169 Å². The van der Waals surface area contributed by atoms with Crippen molar-refractivity contribution in [2.75, 3.05) is 49.5 Å². The van der Waals surface area contributed by atoms with Crippen LogP contribution in [-0.2, 0) is 4.79 Å². The molecule has 1 saturated heterocycles. The highest BCUT2D eigenvalue weighted by molar-refractivity contribution is 6.35. The van der Waals surface area contributed by atoms with E-state index in [2.05, 4.69) is 17.1 Å². The maximum absolute atomic E-state index is 12.4. The number of carbonyl (C=O) groups excluding carboxylic acids is 1. The number of quaternary nitrogens is 1. The normalized spacial score (nSPS) is 14.9. The van der Waals surface area contributed by atoms with E-state index in [4.69, 9.17) is 27.9 Å². The van der Waals surface area contributed by atoms with Crippen molar-refractivity contribution < 1.29 is 14.4 Å². The van der Waals surface area contributed by atoms with Gasteiger partial charge in [0, 0.05) is 5.02 Å². The van der Waals surface area contributed by atoms with Crippen LogP contribution in [0.3, 0.4) is 0 Å². The number of nitrogens with one attached hydrogen (secondary N) is 2. The minimum Gasteiger partial charge on any atom is -0.482 e. The highest BCUT2D eigenvalue weighted by Gasteiger charge is 2.21. The van der Waals surface area contributed by atoms with Crippen molar-refractivity contribution in [1.29, 1.82) is 0 Å². The number of hydrogen-bond donors (Lipinski definition) is 2.